The van der Waals surface area contributed by atoms with E-state index in [1.165, 1.54) is 5.56 Å². The Balaban J connectivity index is 1.51. The van der Waals surface area contributed by atoms with Gasteiger partial charge >= 0.3 is 0 Å². The molecular formula is C24H32N2O6S. The molecule has 0 aliphatic carbocycles. The zero-order valence-corrected chi connectivity index (χ0v) is 19.7. The average molecular weight is 477 g/mol. The Morgan fingerprint density at radius 2 is 1.73 bits per heavy atom. The van der Waals surface area contributed by atoms with Gasteiger partial charge in [0.1, 0.15) is 11.5 Å². The fraction of sp³-hybridized carbons (Fsp3) is 0.458. The van der Waals surface area contributed by atoms with Crippen LogP contribution in [0.5, 0.6) is 11.5 Å². The smallest absolute Gasteiger partial charge is 0.265 e. The van der Waals surface area contributed by atoms with E-state index < -0.39 is 21.7 Å². The summed E-state index contributed by atoms with van der Waals surface area (Å²) in [6, 6.07) is 17.1. The Labute approximate surface area is 197 Å². The number of aryl methyl sites for hydroxylation is 1. The van der Waals surface area contributed by atoms with Crippen LogP contribution in [0.3, 0.4) is 0 Å². The highest BCUT2D eigenvalue weighted by Gasteiger charge is 2.49. The number of nitrogens with one attached hydrogen (secondary N) is 1. The van der Waals surface area contributed by atoms with Crippen LogP contribution in [0.15, 0.2) is 54.6 Å². The molecule has 1 unspecified atom stereocenters. The monoisotopic (exact) mass is 476 g/mol. The minimum atomic E-state index is -1.97. The van der Waals surface area contributed by atoms with E-state index in [1.54, 1.807) is 36.9 Å². The molecule has 3 rings (SSSR count). The van der Waals surface area contributed by atoms with Gasteiger partial charge in [-0.05, 0) is 55.5 Å². The van der Waals surface area contributed by atoms with Gasteiger partial charge in [0.15, 0.2) is 4.75 Å². The molecule has 9 heteroatoms. The quantitative estimate of drug-likeness (QED) is 0.276. The summed E-state index contributed by atoms with van der Waals surface area (Å²) in [6.45, 7) is 3.01. The highest BCUT2D eigenvalue weighted by atomic mass is 32.2. The Bertz CT molecular complexity index is 886. The molecule has 0 radical (unpaired) electrons. The van der Waals surface area contributed by atoms with Crippen molar-refractivity contribution in [3.05, 3.63) is 60.2 Å². The summed E-state index contributed by atoms with van der Waals surface area (Å²) in [6.07, 6.45) is 2.45. The van der Waals surface area contributed by atoms with Crippen LogP contribution in [0.1, 0.15) is 24.8 Å². The Morgan fingerprint density at radius 1 is 1.06 bits per heavy atom. The van der Waals surface area contributed by atoms with Gasteiger partial charge in [0.2, 0.25) is 11.1 Å². The maximum atomic E-state index is 13.1. The summed E-state index contributed by atoms with van der Waals surface area (Å²) in [5, 5.41) is 9.25. The molecule has 2 N–H and O–H groups in total. The molecule has 1 heterocycles. The number of nitrogens with zero attached hydrogens (tertiary/aromatic N) is 1. The number of piperidine rings is 1. The lowest BCUT2D eigenvalue weighted by Gasteiger charge is -2.38. The second-order valence-corrected chi connectivity index (χ2v) is 9.41. The Hall–Kier alpha value is -2.46. The molecule has 2 aromatic rings. The molecule has 1 amide bonds. The number of likely N-dealkylation sites (tertiary alicyclic amines) is 1. The number of methoxy groups -OCH3 is 1. The van der Waals surface area contributed by atoms with Crippen molar-refractivity contribution in [2.75, 3.05) is 40.0 Å². The van der Waals surface area contributed by atoms with Crippen molar-refractivity contribution in [1.82, 2.24) is 10.4 Å². The molecule has 0 aromatic heterocycles. The molecule has 1 saturated heterocycles. The fourth-order valence-corrected chi connectivity index (χ4v) is 4.96. The van der Waals surface area contributed by atoms with Crippen molar-refractivity contribution >= 4 is 17.0 Å². The van der Waals surface area contributed by atoms with Crippen LogP contribution in [0.4, 0.5) is 0 Å². The van der Waals surface area contributed by atoms with Crippen molar-refractivity contribution in [2.45, 2.75) is 30.4 Å². The fourth-order valence-electron chi connectivity index (χ4n) is 3.80. The van der Waals surface area contributed by atoms with Crippen LogP contribution in [-0.4, -0.2) is 64.9 Å². The van der Waals surface area contributed by atoms with E-state index >= 15 is 0 Å². The van der Waals surface area contributed by atoms with Crippen molar-refractivity contribution in [1.29, 1.82) is 0 Å². The van der Waals surface area contributed by atoms with Gasteiger partial charge in [0, 0.05) is 26.7 Å². The predicted octanol–water partition coefficient (Wildman–Crippen LogP) is 2.73. The summed E-state index contributed by atoms with van der Waals surface area (Å²) in [5.74, 6) is 0.373. The predicted molar refractivity (Wildman–Crippen MR) is 126 cm³/mol. The third-order valence-electron chi connectivity index (χ3n) is 5.83. The van der Waals surface area contributed by atoms with Gasteiger partial charge in [0.25, 0.3) is 5.91 Å². The first-order chi connectivity index (χ1) is 16.1. The SMILES string of the molecule is COCCN1CCC(C(=O)NO)(S(=O)Oc2ccc(OCCCc3ccccc3)cc2)CC1. The minimum absolute atomic E-state index is 0.304. The van der Waals surface area contributed by atoms with E-state index in [0.717, 1.165) is 19.4 Å². The third kappa shape index (κ3) is 7.01. The number of hydrogen-bond acceptors (Lipinski definition) is 7. The van der Waals surface area contributed by atoms with Crippen molar-refractivity contribution in [3.8, 4) is 11.5 Å². The van der Waals surface area contributed by atoms with E-state index in [0.29, 0.717) is 50.6 Å². The number of rotatable bonds is 12. The molecule has 1 fully saturated rings. The zero-order valence-electron chi connectivity index (χ0n) is 18.9. The molecular weight excluding hydrogens is 444 g/mol. The zero-order chi connectivity index (χ0) is 23.5. The molecule has 1 atom stereocenters. The van der Waals surface area contributed by atoms with Gasteiger partial charge < -0.3 is 18.6 Å². The highest BCUT2D eigenvalue weighted by Crippen LogP contribution is 2.31. The number of hydrogen-bond donors (Lipinski definition) is 2. The van der Waals surface area contributed by atoms with Gasteiger partial charge in [-0.3, -0.25) is 10.0 Å². The first-order valence-corrected chi connectivity index (χ1v) is 12.2. The summed E-state index contributed by atoms with van der Waals surface area (Å²) in [7, 11) is 1.64. The maximum absolute atomic E-state index is 13.1. The number of benzene rings is 2. The number of carbonyl (C=O) groups excluding carboxylic acids is 1. The van der Waals surface area contributed by atoms with Crippen LogP contribution in [-0.2, 0) is 27.0 Å². The molecule has 2 aromatic carbocycles. The minimum Gasteiger partial charge on any atom is -0.494 e. The largest absolute Gasteiger partial charge is 0.494 e. The molecule has 0 spiro atoms. The number of hydroxylamine groups is 1. The molecule has 0 saturated carbocycles. The van der Waals surface area contributed by atoms with Gasteiger partial charge in [-0.2, -0.15) is 0 Å². The van der Waals surface area contributed by atoms with E-state index in [1.807, 2.05) is 18.2 Å². The molecule has 180 valence electrons. The first kappa shape index (κ1) is 25.2. The second-order valence-electron chi connectivity index (χ2n) is 8.00. The van der Waals surface area contributed by atoms with Gasteiger partial charge in [-0.15, -0.1) is 0 Å². The molecule has 1 aliphatic rings. The summed E-state index contributed by atoms with van der Waals surface area (Å²) < 4.78 is 28.3. The van der Waals surface area contributed by atoms with E-state index in [4.69, 9.17) is 13.7 Å². The second kappa shape index (κ2) is 12.7. The van der Waals surface area contributed by atoms with Gasteiger partial charge in [-0.1, -0.05) is 30.3 Å². The van der Waals surface area contributed by atoms with Crippen molar-refractivity contribution < 1.29 is 27.9 Å². The lowest BCUT2D eigenvalue weighted by atomic mass is 9.95. The number of amides is 1. The average Bonchev–Trinajstić information content (AvgIpc) is 2.86. The normalized spacial score (nSPS) is 16.7. The van der Waals surface area contributed by atoms with Gasteiger partial charge in [0.05, 0.1) is 13.2 Å². The first-order valence-electron chi connectivity index (χ1n) is 11.1. The van der Waals surface area contributed by atoms with Crippen LogP contribution >= 0.6 is 0 Å². The van der Waals surface area contributed by atoms with E-state index in [9.17, 15) is 14.2 Å². The lowest BCUT2D eigenvalue weighted by molar-refractivity contribution is -0.133. The lowest BCUT2D eigenvalue weighted by Crippen LogP contribution is -2.57. The topological polar surface area (TPSA) is 97.3 Å². The van der Waals surface area contributed by atoms with Crippen LogP contribution < -0.4 is 14.4 Å². The van der Waals surface area contributed by atoms with E-state index in [2.05, 4.69) is 17.0 Å². The number of ether oxygens (including phenoxy) is 2. The molecule has 33 heavy (non-hydrogen) atoms. The number of carbonyl (C=O) groups is 1. The summed E-state index contributed by atoms with van der Waals surface area (Å²) in [4.78, 5) is 14.6. The van der Waals surface area contributed by atoms with Crippen molar-refractivity contribution in [3.63, 3.8) is 0 Å². The third-order valence-corrected chi connectivity index (χ3v) is 7.40. The van der Waals surface area contributed by atoms with E-state index in [-0.39, 0.29) is 0 Å². The van der Waals surface area contributed by atoms with Crippen LogP contribution in [0, 0.1) is 0 Å². The Kier molecular flexibility index (Phi) is 9.68. The molecule has 0 bridgehead atoms. The highest BCUT2D eigenvalue weighted by molar-refractivity contribution is 7.83. The molecule has 8 nitrogen and oxygen atoms in total. The summed E-state index contributed by atoms with van der Waals surface area (Å²) >= 11 is -1.97. The van der Waals surface area contributed by atoms with Crippen LogP contribution in [0.25, 0.3) is 0 Å². The standard InChI is InChI=1S/C24H32N2O6S/c1-30-19-17-26-15-13-24(14-16-26,23(27)25-28)33(29)32-22-11-9-21(10-12-22)31-18-5-8-20-6-3-2-4-7-20/h2-4,6-7,9-12,28H,5,8,13-19H2,1H3,(H,25,27). The van der Waals surface area contributed by atoms with Crippen molar-refractivity contribution in [2.24, 2.45) is 0 Å². The molecule has 1 aliphatic heterocycles. The summed E-state index contributed by atoms with van der Waals surface area (Å²) in [5.41, 5.74) is 2.95. The van der Waals surface area contributed by atoms with Gasteiger partial charge in [-0.25, -0.2) is 9.69 Å². The maximum Gasteiger partial charge on any atom is 0.265 e. The Morgan fingerprint density at radius 3 is 2.36 bits per heavy atom. The van der Waals surface area contributed by atoms with Crippen LogP contribution in [0.2, 0.25) is 0 Å².